The Kier molecular flexibility index (Phi) is 5.43. The van der Waals surface area contributed by atoms with E-state index in [4.69, 9.17) is 4.74 Å². The number of amides is 1. The van der Waals surface area contributed by atoms with Gasteiger partial charge in [0.2, 0.25) is 5.91 Å². The molecule has 0 aliphatic carbocycles. The second-order valence-electron chi connectivity index (χ2n) is 5.72. The van der Waals surface area contributed by atoms with Gasteiger partial charge in [0.15, 0.2) is 5.78 Å². The molecule has 0 atom stereocenters. The molecular formula is C20H18N2O3S. The number of hydrogen-bond acceptors (Lipinski definition) is 5. The average molecular weight is 366 g/mol. The molecule has 26 heavy (non-hydrogen) atoms. The number of benzene rings is 2. The molecule has 5 nitrogen and oxygen atoms in total. The summed E-state index contributed by atoms with van der Waals surface area (Å²) in [6, 6.07) is 12.6. The van der Waals surface area contributed by atoms with E-state index >= 15 is 0 Å². The van der Waals surface area contributed by atoms with Crippen molar-refractivity contribution in [3.63, 3.8) is 0 Å². The summed E-state index contributed by atoms with van der Waals surface area (Å²) in [6.07, 6.45) is 1.89. The number of carbonyl (C=O) groups is 2. The Morgan fingerprint density at radius 2 is 1.92 bits per heavy atom. The van der Waals surface area contributed by atoms with Gasteiger partial charge in [-0.05, 0) is 49.4 Å². The highest BCUT2D eigenvalue weighted by Gasteiger charge is 2.12. The number of ether oxygens (including phenoxy) is 1. The molecule has 2 aromatic carbocycles. The van der Waals surface area contributed by atoms with Gasteiger partial charge in [-0.1, -0.05) is 0 Å². The normalized spacial score (nSPS) is 10.4. The molecule has 0 unspecified atom stereocenters. The number of nitrogens with one attached hydrogen (secondary N) is 1. The van der Waals surface area contributed by atoms with Crippen molar-refractivity contribution in [3.8, 4) is 16.3 Å². The zero-order valence-corrected chi connectivity index (χ0v) is 15.3. The van der Waals surface area contributed by atoms with Crippen molar-refractivity contribution in [3.05, 3.63) is 65.2 Å². The first kappa shape index (κ1) is 17.8. The van der Waals surface area contributed by atoms with E-state index in [2.05, 4.69) is 10.3 Å². The molecule has 6 heteroatoms. The number of ketones is 1. The molecule has 0 aliphatic rings. The van der Waals surface area contributed by atoms with E-state index in [0.29, 0.717) is 22.6 Å². The van der Waals surface area contributed by atoms with Crippen molar-refractivity contribution in [2.24, 2.45) is 0 Å². The first-order valence-corrected chi connectivity index (χ1v) is 8.92. The molecule has 1 heterocycles. The van der Waals surface area contributed by atoms with Gasteiger partial charge in [-0.3, -0.25) is 9.59 Å². The molecule has 0 saturated carbocycles. The van der Waals surface area contributed by atoms with Gasteiger partial charge in [-0.2, -0.15) is 0 Å². The van der Waals surface area contributed by atoms with Crippen LogP contribution in [-0.2, 0) is 11.2 Å². The van der Waals surface area contributed by atoms with Crippen molar-refractivity contribution >= 4 is 28.7 Å². The second kappa shape index (κ2) is 7.93. The fourth-order valence-electron chi connectivity index (χ4n) is 2.58. The van der Waals surface area contributed by atoms with Gasteiger partial charge >= 0.3 is 0 Å². The number of rotatable bonds is 6. The van der Waals surface area contributed by atoms with Crippen LogP contribution in [0.5, 0.6) is 5.75 Å². The maximum absolute atomic E-state index is 12.4. The van der Waals surface area contributed by atoms with E-state index in [1.165, 1.54) is 6.92 Å². The number of nitrogens with zero attached hydrogens (tertiary/aromatic N) is 1. The summed E-state index contributed by atoms with van der Waals surface area (Å²) in [5.41, 5.74) is 2.95. The van der Waals surface area contributed by atoms with Crippen LogP contribution >= 0.6 is 11.3 Å². The Morgan fingerprint density at radius 3 is 2.54 bits per heavy atom. The highest BCUT2D eigenvalue weighted by Crippen LogP contribution is 2.24. The molecular weight excluding hydrogens is 348 g/mol. The van der Waals surface area contributed by atoms with Crippen LogP contribution in [-0.4, -0.2) is 23.8 Å². The van der Waals surface area contributed by atoms with Crippen molar-refractivity contribution in [2.45, 2.75) is 13.3 Å². The standard InChI is InChI=1S/C20H18N2O3S/c1-13(23)15-5-8-18(25-2)16(11-15)12-19(24)22-17-6-3-14(4-7-17)20-21-9-10-26-20/h3-11H,12H2,1-2H3,(H,22,24). The lowest BCUT2D eigenvalue weighted by Crippen LogP contribution is -2.15. The Hall–Kier alpha value is -2.99. The molecule has 1 N–H and O–H groups in total. The van der Waals surface area contributed by atoms with Crippen LogP contribution < -0.4 is 10.1 Å². The first-order chi connectivity index (χ1) is 12.6. The predicted molar refractivity (Wildman–Crippen MR) is 103 cm³/mol. The third kappa shape index (κ3) is 4.15. The minimum atomic E-state index is -0.175. The van der Waals surface area contributed by atoms with Gasteiger partial charge in [0, 0.05) is 34.0 Å². The van der Waals surface area contributed by atoms with Crippen LogP contribution in [0.2, 0.25) is 0 Å². The van der Waals surface area contributed by atoms with E-state index < -0.39 is 0 Å². The number of carbonyl (C=O) groups excluding carboxylic acids is 2. The summed E-state index contributed by atoms with van der Waals surface area (Å²) >= 11 is 1.57. The fourth-order valence-corrected chi connectivity index (χ4v) is 3.22. The smallest absolute Gasteiger partial charge is 0.228 e. The monoisotopic (exact) mass is 366 g/mol. The highest BCUT2D eigenvalue weighted by molar-refractivity contribution is 7.13. The molecule has 0 bridgehead atoms. The van der Waals surface area contributed by atoms with Crippen molar-refractivity contribution in [1.82, 2.24) is 4.98 Å². The van der Waals surface area contributed by atoms with Crippen molar-refractivity contribution in [2.75, 3.05) is 12.4 Å². The van der Waals surface area contributed by atoms with E-state index in [9.17, 15) is 9.59 Å². The Morgan fingerprint density at radius 1 is 1.15 bits per heavy atom. The van der Waals surface area contributed by atoms with Gasteiger partial charge in [0.05, 0.1) is 13.5 Å². The minimum Gasteiger partial charge on any atom is -0.496 e. The summed E-state index contributed by atoms with van der Waals surface area (Å²) < 4.78 is 5.29. The van der Waals surface area contributed by atoms with Crippen molar-refractivity contribution < 1.29 is 14.3 Å². The molecule has 3 aromatic rings. The Balaban J connectivity index is 1.71. The maximum atomic E-state index is 12.4. The number of Topliss-reactive ketones (excluding diaryl/α,β-unsaturated/α-hetero) is 1. The van der Waals surface area contributed by atoms with Gasteiger partial charge < -0.3 is 10.1 Å². The van der Waals surface area contributed by atoms with E-state index in [0.717, 1.165) is 10.6 Å². The molecule has 132 valence electrons. The van der Waals surface area contributed by atoms with Crippen LogP contribution in [0.4, 0.5) is 5.69 Å². The predicted octanol–water partition coefficient (Wildman–Crippen LogP) is 4.20. The third-order valence-corrected chi connectivity index (χ3v) is 4.71. The lowest BCUT2D eigenvalue weighted by molar-refractivity contribution is -0.115. The molecule has 0 saturated heterocycles. The van der Waals surface area contributed by atoms with Gasteiger partial charge in [-0.25, -0.2) is 4.98 Å². The van der Waals surface area contributed by atoms with Crippen LogP contribution in [0.1, 0.15) is 22.8 Å². The van der Waals surface area contributed by atoms with Gasteiger partial charge in [-0.15, -0.1) is 11.3 Å². The Bertz CT molecular complexity index is 919. The van der Waals surface area contributed by atoms with E-state index in [1.807, 2.05) is 29.6 Å². The van der Waals surface area contributed by atoms with Crippen LogP contribution in [0, 0.1) is 0 Å². The molecule has 1 aromatic heterocycles. The number of hydrogen-bond donors (Lipinski definition) is 1. The number of aromatic nitrogens is 1. The molecule has 0 fully saturated rings. The summed E-state index contributed by atoms with van der Waals surface area (Å²) in [6.45, 7) is 1.50. The number of methoxy groups -OCH3 is 1. The summed E-state index contributed by atoms with van der Waals surface area (Å²) in [4.78, 5) is 28.2. The number of thiazole rings is 1. The van der Waals surface area contributed by atoms with Gasteiger partial charge in [0.25, 0.3) is 0 Å². The summed E-state index contributed by atoms with van der Waals surface area (Å²) in [7, 11) is 1.54. The molecule has 3 rings (SSSR count). The zero-order chi connectivity index (χ0) is 18.5. The largest absolute Gasteiger partial charge is 0.496 e. The lowest BCUT2D eigenvalue weighted by Gasteiger charge is -2.10. The van der Waals surface area contributed by atoms with Crippen LogP contribution in [0.25, 0.3) is 10.6 Å². The molecule has 1 amide bonds. The minimum absolute atomic E-state index is 0.0490. The van der Waals surface area contributed by atoms with Crippen LogP contribution in [0.15, 0.2) is 54.0 Å². The number of anilines is 1. The van der Waals surface area contributed by atoms with E-state index in [1.54, 1.807) is 42.8 Å². The second-order valence-corrected chi connectivity index (χ2v) is 6.62. The van der Waals surface area contributed by atoms with Crippen LogP contribution in [0.3, 0.4) is 0 Å². The quantitative estimate of drug-likeness (QED) is 0.664. The lowest BCUT2D eigenvalue weighted by atomic mass is 10.0. The maximum Gasteiger partial charge on any atom is 0.228 e. The molecule has 0 radical (unpaired) electrons. The summed E-state index contributed by atoms with van der Waals surface area (Å²) in [5.74, 6) is 0.363. The molecule has 0 aliphatic heterocycles. The topological polar surface area (TPSA) is 68.3 Å². The first-order valence-electron chi connectivity index (χ1n) is 8.04. The SMILES string of the molecule is COc1ccc(C(C)=O)cc1CC(=O)Nc1ccc(-c2nccs2)cc1. The van der Waals surface area contributed by atoms with Crippen molar-refractivity contribution in [1.29, 1.82) is 0 Å². The fraction of sp³-hybridized carbons (Fsp3) is 0.150. The average Bonchev–Trinajstić information content (AvgIpc) is 3.17. The summed E-state index contributed by atoms with van der Waals surface area (Å²) in [5, 5.41) is 5.73. The Labute approximate surface area is 155 Å². The third-order valence-electron chi connectivity index (χ3n) is 3.89. The van der Waals surface area contributed by atoms with E-state index in [-0.39, 0.29) is 18.1 Å². The molecule has 0 spiro atoms. The van der Waals surface area contributed by atoms with Gasteiger partial charge in [0.1, 0.15) is 10.8 Å². The zero-order valence-electron chi connectivity index (χ0n) is 14.5. The highest BCUT2D eigenvalue weighted by atomic mass is 32.1.